The number of nitrogens with one attached hydrogen (secondary N) is 1. The summed E-state index contributed by atoms with van der Waals surface area (Å²) in [7, 11) is 1.28. The predicted octanol–water partition coefficient (Wildman–Crippen LogP) is 5.39. The summed E-state index contributed by atoms with van der Waals surface area (Å²) in [5.74, 6) is -0.713. The van der Waals surface area contributed by atoms with Gasteiger partial charge in [-0.2, -0.15) is 0 Å². The molecule has 0 aliphatic carbocycles. The Balaban J connectivity index is 3.68. The largest absolute Gasteiger partial charge is 0.756 e. The molecule has 0 aliphatic heterocycles. The first-order chi connectivity index (χ1) is 19.1. The predicted molar refractivity (Wildman–Crippen MR) is 159 cm³/mol. The minimum absolute atomic E-state index is 0.00200. The number of amides is 1. The lowest BCUT2D eigenvalue weighted by Crippen LogP contribution is -2.37. The van der Waals surface area contributed by atoms with Crippen LogP contribution in [0.5, 0.6) is 0 Å². The second-order valence-corrected chi connectivity index (χ2v) is 11.8. The third-order valence-corrected chi connectivity index (χ3v) is 6.48. The number of rotatable bonds is 25. The van der Waals surface area contributed by atoms with Crippen LogP contribution >= 0.6 is 7.82 Å². The highest BCUT2D eigenvalue weighted by molar-refractivity contribution is 7.45. The lowest BCUT2D eigenvalue weighted by Gasteiger charge is -2.27. The normalized spacial score (nSPS) is 14.0. The highest BCUT2D eigenvalue weighted by Crippen LogP contribution is 2.38. The van der Waals surface area contributed by atoms with Crippen LogP contribution in [0, 0.1) is 0 Å². The number of hydrogen-bond acceptors (Lipinski definition) is 7. The van der Waals surface area contributed by atoms with Gasteiger partial charge in [-0.3, -0.25) is 14.2 Å². The van der Waals surface area contributed by atoms with Gasteiger partial charge < -0.3 is 28.5 Å². The molecular formula is C30H53N2O7P. The molecule has 1 unspecified atom stereocenters. The van der Waals surface area contributed by atoms with Gasteiger partial charge in [-0.05, 0) is 44.9 Å². The van der Waals surface area contributed by atoms with E-state index in [-0.39, 0.29) is 38.7 Å². The Bertz CT molecular complexity index is 832. The molecule has 0 radical (unpaired) electrons. The highest BCUT2D eigenvalue weighted by Gasteiger charge is 2.14. The molecule has 0 aliphatic rings. The van der Waals surface area contributed by atoms with Gasteiger partial charge in [0.15, 0.2) is 0 Å². The van der Waals surface area contributed by atoms with Crippen LogP contribution in [0.15, 0.2) is 48.6 Å². The summed E-state index contributed by atoms with van der Waals surface area (Å²) in [5.41, 5.74) is 0. The third-order valence-electron chi connectivity index (χ3n) is 5.49. The fourth-order valence-electron chi connectivity index (χ4n) is 3.16. The van der Waals surface area contributed by atoms with Crippen molar-refractivity contribution in [3.8, 4) is 0 Å². The van der Waals surface area contributed by atoms with Crippen molar-refractivity contribution in [1.29, 1.82) is 0 Å². The summed E-state index contributed by atoms with van der Waals surface area (Å²) in [6.45, 7) is 2.57. The number of nitrogens with zero attached hydrogens (tertiary/aromatic N) is 1. The number of esters is 1. The van der Waals surface area contributed by atoms with Crippen LogP contribution in [0.3, 0.4) is 0 Å². The molecule has 9 nitrogen and oxygen atoms in total. The molecule has 0 aromatic rings. The van der Waals surface area contributed by atoms with Gasteiger partial charge >= 0.3 is 5.97 Å². The Morgan fingerprint density at radius 3 is 1.90 bits per heavy atom. The van der Waals surface area contributed by atoms with Crippen molar-refractivity contribution in [1.82, 2.24) is 5.32 Å². The zero-order valence-electron chi connectivity index (χ0n) is 25.2. The number of unbranched alkanes of at least 4 members (excludes halogenated alkanes) is 4. The first-order valence-electron chi connectivity index (χ1n) is 14.5. The number of quaternary nitrogens is 1. The van der Waals surface area contributed by atoms with E-state index in [1.165, 1.54) is 25.7 Å². The Labute approximate surface area is 242 Å². The molecule has 0 fully saturated rings. The lowest BCUT2D eigenvalue weighted by atomic mass is 10.2. The van der Waals surface area contributed by atoms with Crippen LogP contribution in [0.4, 0.5) is 0 Å². The molecule has 0 spiro atoms. The zero-order chi connectivity index (χ0) is 30.0. The van der Waals surface area contributed by atoms with Crippen molar-refractivity contribution in [2.24, 2.45) is 0 Å². The standard InChI is InChI=1S/C30H53N2O7P/c1-5-6-7-8-9-10-11-12-13-14-15-16-17-18-19-20-21-22-29(33)31-24-27-37-30(34)23-26-38-40(35,36)39-28-25-32(2,3)4/h9-10,12-13,15-16,18-19H,5-8,11,14,17,20-28H2,1-4H3,(H-,31,33,35,36)/b10-9-,13-12-,16-15-,19-18-. The van der Waals surface area contributed by atoms with Crippen LogP contribution in [-0.2, 0) is 27.9 Å². The maximum absolute atomic E-state index is 11.9. The van der Waals surface area contributed by atoms with Gasteiger partial charge in [-0.25, -0.2) is 0 Å². The van der Waals surface area contributed by atoms with E-state index in [0.29, 0.717) is 17.4 Å². The Kier molecular flexibility index (Phi) is 23.5. The van der Waals surface area contributed by atoms with Crippen LogP contribution < -0.4 is 10.2 Å². The lowest BCUT2D eigenvalue weighted by molar-refractivity contribution is -0.870. The van der Waals surface area contributed by atoms with Gasteiger partial charge in [0.25, 0.3) is 7.82 Å². The molecule has 1 atom stereocenters. The maximum Gasteiger partial charge on any atom is 0.308 e. The third kappa shape index (κ3) is 29.0. The summed E-state index contributed by atoms with van der Waals surface area (Å²) >= 11 is 0. The smallest absolute Gasteiger partial charge is 0.308 e. The van der Waals surface area contributed by atoms with Crippen LogP contribution in [0.2, 0.25) is 0 Å². The van der Waals surface area contributed by atoms with Crippen LogP contribution in [0.1, 0.15) is 77.6 Å². The van der Waals surface area contributed by atoms with Crippen LogP contribution in [0.25, 0.3) is 0 Å². The average Bonchev–Trinajstić information content (AvgIpc) is 2.87. The molecule has 0 bridgehead atoms. The molecule has 0 saturated carbocycles. The molecule has 40 heavy (non-hydrogen) atoms. The molecular weight excluding hydrogens is 531 g/mol. The molecule has 0 aromatic heterocycles. The molecule has 0 aromatic carbocycles. The SMILES string of the molecule is CCCCC/C=C\C/C=C\C/C=C\C/C=C\CCCC(=O)NCCOC(=O)CCOP(=O)([O-])OCC[N+](C)(C)C. The Morgan fingerprint density at radius 2 is 1.32 bits per heavy atom. The van der Waals surface area contributed by atoms with E-state index in [1.807, 2.05) is 21.1 Å². The number of carbonyl (C=O) groups excluding carboxylic acids is 2. The van der Waals surface area contributed by atoms with Crippen molar-refractivity contribution in [2.75, 3.05) is 54.1 Å². The average molecular weight is 585 g/mol. The number of phosphoric ester groups is 1. The first-order valence-corrected chi connectivity index (χ1v) is 15.9. The maximum atomic E-state index is 11.9. The second-order valence-electron chi connectivity index (χ2n) is 10.4. The van der Waals surface area contributed by atoms with E-state index >= 15 is 0 Å². The zero-order valence-corrected chi connectivity index (χ0v) is 26.1. The molecule has 1 amide bonds. The van der Waals surface area contributed by atoms with Gasteiger partial charge in [-0.1, -0.05) is 68.4 Å². The molecule has 0 saturated heterocycles. The summed E-state index contributed by atoms with van der Waals surface area (Å²) in [6, 6.07) is 0. The fraction of sp³-hybridized carbons (Fsp3) is 0.667. The van der Waals surface area contributed by atoms with Crippen molar-refractivity contribution >= 4 is 19.7 Å². The summed E-state index contributed by atoms with van der Waals surface area (Å²) in [4.78, 5) is 35.2. The Hall–Kier alpha value is -2.03. The van der Waals surface area contributed by atoms with Crippen molar-refractivity contribution in [3.63, 3.8) is 0 Å². The van der Waals surface area contributed by atoms with E-state index in [2.05, 4.69) is 65.4 Å². The van der Waals surface area contributed by atoms with Crippen molar-refractivity contribution < 1.29 is 37.3 Å². The monoisotopic (exact) mass is 584 g/mol. The number of allylic oxidation sites excluding steroid dienone is 8. The summed E-state index contributed by atoms with van der Waals surface area (Å²) in [5, 5.41) is 2.70. The van der Waals surface area contributed by atoms with E-state index < -0.39 is 13.8 Å². The van der Waals surface area contributed by atoms with Crippen molar-refractivity contribution in [3.05, 3.63) is 48.6 Å². The van der Waals surface area contributed by atoms with Gasteiger partial charge in [0.1, 0.15) is 19.8 Å². The summed E-state index contributed by atoms with van der Waals surface area (Å²) < 4.78 is 26.6. The molecule has 0 rings (SSSR count). The second kappa shape index (κ2) is 24.7. The minimum Gasteiger partial charge on any atom is -0.756 e. The minimum atomic E-state index is -4.45. The number of carbonyl (C=O) groups is 2. The highest BCUT2D eigenvalue weighted by atomic mass is 31.2. The number of hydrogen-bond donors (Lipinski definition) is 1. The molecule has 1 N–H and O–H groups in total. The first kappa shape index (κ1) is 38.0. The van der Waals surface area contributed by atoms with Gasteiger partial charge in [0.2, 0.25) is 5.91 Å². The molecule has 230 valence electrons. The van der Waals surface area contributed by atoms with Gasteiger partial charge in [-0.15, -0.1) is 0 Å². The van der Waals surface area contributed by atoms with E-state index in [9.17, 15) is 19.0 Å². The van der Waals surface area contributed by atoms with Gasteiger partial charge in [0.05, 0.1) is 40.7 Å². The van der Waals surface area contributed by atoms with Crippen molar-refractivity contribution in [2.45, 2.75) is 77.6 Å². The fourth-order valence-corrected chi connectivity index (χ4v) is 3.86. The summed E-state index contributed by atoms with van der Waals surface area (Å²) in [6.07, 6.45) is 26.9. The van der Waals surface area contributed by atoms with E-state index in [0.717, 1.165) is 32.1 Å². The molecule has 10 heteroatoms. The number of ether oxygens (including phenoxy) is 1. The number of phosphoric acid groups is 1. The quantitative estimate of drug-likeness (QED) is 0.0503. The topological polar surface area (TPSA) is 114 Å². The van der Waals surface area contributed by atoms with Crippen LogP contribution in [-0.4, -0.2) is 70.4 Å². The number of likely N-dealkylation sites (N-methyl/N-ethyl adjacent to an activating group) is 1. The van der Waals surface area contributed by atoms with E-state index in [4.69, 9.17) is 9.26 Å². The Morgan fingerprint density at radius 1 is 0.775 bits per heavy atom. The van der Waals surface area contributed by atoms with Gasteiger partial charge in [0, 0.05) is 6.42 Å². The van der Waals surface area contributed by atoms with E-state index in [1.54, 1.807) is 0 Å². The molecule has 0 heterocycles.